The maximum Gasteiger partial charge on any atom is 0.290 e. The Hall–Kier alpha value is -3.72. The predicted molar refractivity (Wildman–Crippen MR) is 114 cm³/mol. The standard InChI is InChI=1S/C20H23F3N8O/c1-30-20(32)17(26)14(7-15(25)31-6-5-27-12(8-24)10-31)19(29-30)28-9-11-3-2-4-13(16(11)21)18(22)23/h2-4,7,12,18,27H,5-6,9-10,25-26H2,1H3,(H,28,29)/b15-7+. The number of aromatic nitrogens is 2. The van der Waals surface area contributed by atoms with E-state index in [4.69, 9.17) is 16.7 Å². The molecule has 3 rings (SSSR count). The Balaban J connectivity index is 1.93. The van der Waals surface area contributed by atoms with E-state index >= 15 is 0 Å². The second-order valence-electron chi connectivity index (χ2n) is 7.23. The van der Waals surface area contributed by atoms with Gasteiger partial charge in [0, 0.05) is 38.8 Å². The van der Waals surface area contributed by atoms with E-state index in [9.17, 15) is 18.0 Å². The maximum absolute atomic E-state index is 14.4. The average Bonchev–Trinajstić information content (AvgIpc) is 2.78. The molecule has 1 aromatic carbocycles. The quantitative estimate of drug-likeness (QED) is 0.516. The van der Waals surface area contributed by atoms with Gasteiger partial charge in [-0.15, -0.1) is 0 Å². The molecule has 12 heteroatoms. The third kappa shape index (κ3) is 4.78. The first kappa shape index (κ1) is 23.0. The van der Waals surface area contributed by atoms with Crippen LogP contribution in [0.4, 0.5) is 24.7 Å². The van der Waals surface area contributed by atoms with E-state index in [1.54, 1.807) is 4.90 Å². The zero-order valence-corrected chi connectivity index (χ0v) is 17.3. The second kappa shape index (κ2) is 9.61. The van der Waals surface area contributed by atoms with E-state index in [0.717, 1.165) is 10.7 Å². The number of piperazine rings is 1. The molecule has 170 valence electrons. The van der Waals surface area contributed by atoms with E-state index in [2.05, 4.69) is 21.8 Å². The first-order chi connectivity index (χ1) is 15.2. The van der Waals surface area contributed by atoms with Crippen LogP contribution in [0.1, 0.15) is 23.1 Å². The van der Waals surface area contributed by atoms with Crippen LogP contribution in [0.3, 0.4) is 0 Å². The molecular formula is C20H23F3N8O. The lowest BCUT2D eigenvalue weighted by Gasteiger charge is -2.32. The first-order valence-electron chi connectivity index (χ1n) is 9.74. The van der Waals surface area contributed by atoms with Gasteiger partial charge in [-0.05, 0) is 6.08 Å². The Labute approximate surface area is 182 Å². The second-order valence-corrected chi connectivity index (χ2v) is 7.23. The highest BCUT2D eigenvalue weighted by Gasteiger charge is 2.21. The van der Waals surface area contributed by atoms with Crippen LogP contribution in [0.5, 0.6) is 0 Å². The number of rotatable bonds is 6. The molecule has 1 aromatic heterocycles. The molecule has 0 bridgehead atoms. The zero-order valence-electron chi connectivity index (χ0n) is 17.3. The predicted octanol–water partition coefficient (Wildman–Crippen LogP) is 1.11. The van der Waals surface area contributed by atoms with Crippen LogP contribution < -0.4 is 27.7 Å². The van der Waals surface area contributed by atoms with E-state index in [-0.39, 0.29) is 35.0 Å². The van der Waals surface area contributed by atoms with Crippen molar-refractivity contribution in [1.82, 2.24) is 20.0 Å². The molecule has 32 heavy (non-hydrogen) atoms. The largest absolute Gasteiger partial charge is 0.394 e. The Morgan fingerprint density at radius 1 is 1.50 bits per heavy atom. The summed E-state index contributed by atoms with van der Waals surface area (Å²) in [6, 6.07) is 5.43. The minimum atomic E-state index is -2.95. The lowest BCUT2D eigenvalue weighted by atomic mass is 10.1. The molecule has 1 aliphatic heterocycles. The number of aryl methyl sites for hydroxylation is 1. The topological polar surface area (TPSA) is 138 Å². The number of nitriles is 1. The molecule has 2 heterocycles. The summed E-state index contributed by atoms with van der Waals surface area (Å²) in [5.74, 6) is -0.628. The molecule has 0 spiro atoms. The summed E-state index contributed by atoms with van der Waals surface area (Å²) in [5, 5.41) is 19.1. The summed E-state index contributed by atoms with van der Waals surface area (Å²) in [6.07, 6.45) is -1.49. The van der Waals surface area contributed by atoms with E-state index in [1.807, 2.05) is 0 Å². The van der Waals surface area contributed by atoms with E-state index < -0.39 is 29.4 Å². The first-order valence-corrected chi connectivity index (χ1v) is 9.74. The molecule has 1 unspecified atom stereocenters. The van der Waals surface area contributed by atoms with Crippen molar-refractivity contribution in [2.24, 2.45) is 12.8 Å². The van der Waals surface area contributed by atoms with Crippen molar-refractivity contribution in [3.05, 3.63) is 56.9 Å². The molecule has 0 aliphatic carbocycles. The van der Waals surface area contributed by atoms with Gasteiger partial charge in [0.05, 0.1) is 23.0 Å². The van der Waals surface area contributed by atoms with E-state index in [0.29, 0.717) is 19.6 Å². The fourth-order valence-electron chi connectivity index (χ4n) is 3.34. The smallest absolute Gasteiger partial charge is 0.290 e. The van der Waals surface area contributed by atoms with Gasteiger partial charge in [-0.3, -0.25) is 10.1 Å². The van der Waals surface area contributed by atoms with Crippen molar-refractivity contribution >= 4 is 17.6 Å². The summed E-state index contributed by atoms with van der Waals surface area (Å²) < 4.78 is 41.4. The van der Waals surface area contributed by atoms with Crippen LogP contribution in [0, 0.1) is 17.1 Å². The van der Waals surface area contributed by atoms with Crippen LogP contribution in [0.25, 0.3) is 6.08 Å². The van der Waals surface area contributed by atoms with Gasteiger partial charge in [-0.1, -0.05) is 18.2 Å². The van der Waals surface area contributed by atoms with Gasteiger partial charge >= 0.3 is 0 Å². The van der Waals surface area contributed by atoms with Crippen molar-refractivity contribution in [2.75, 3.05) is 30.7 Å². The number of hydrogen-bond acceptors (Lipinski definition) is 8. The van der Waals surface area contributed by atoms with Crippen LogP contribution in [-0.2, 0) is 13.6 Å². The number of halogens is 3. The fourth-order valence-corrected chi connectivity index (χ4v) is 3.34. The number of nitrogens with two attached hydrogens (primary N) is 2. The summed E-state index contributed by atoms with van der Waals surface area (Å²) >= 11 is 0. The molecule has 9 nitrogen and oxygen atoms in total. The Kier molecular flexibility index (Phi) is 6.89. The SMILES string of the molecule is Cn1nc(NCc2cccc(C(F)F)c2F)c(/C=C(\N)N2CCNC(C#N)C2)c(N)c1=O. The van der Waals surface area contributed by atoms with Crippen molar-refractivity contribution in [3.63, 3.8) is 0 Å². The number of nitrogens with one attached hydrogen (secondary N) is 2. The number of nitrogens with zero attached hydrogens (tertiary/aromatic N) is 4. The normalized spacial score (nSPS) is 16.8. The van der Waals surface area contributed by atoms with Crippen molar-refractivity contribution in [3.8, 4) is 6.07 Å². The highest BCUT2D eigenvalue weighted by molar-refractivity contribution is 5.74. The lowest BCUT2D eigenvalue weighted by molar-refractivity contribution is 0.146. The third-order valence-electron chi connectivity index (χ3n) is 5.10. The molecule has 1 atom stereocenters. The number of benzene rings is 1. The minimum absolute atomic E-state index is 0.00103. The maximum atomic E-state index is 14.4. The Morgan fingerprint density at radius 2 is 2.25 bits per heavy atom. The van der Waals surface area contributed by atoms with Gasteiger partial charge in [0.2, 0.25) is 0 Å². The molecule has 1 saturated heterocycles. The number of hydrogen-bond donors (Lipinski definition) is 4. The van der Waals surface area contributed by atoms with Crippen molar-refractivity contribution in [1.29, 1.82) is 5.26 Å². The van der Waals surface area contributed by atoms with Crippen molar-refractivity contribution < 1.29 is 13.2 Å². The third-order valence-corrected chi connectivity index (χ3v) is 5.10. The number of anilines is 2. The molecule has 0 saturated carbocycles. The lowest BCUT2D eigenvalue weighted by Crippen LogP contribution is -2.50. The molecule has 2 aromatic rings. The Bertz CT molecular complexity index is 1130. The van der Waals surface area contributed by atoms with Gasteiger partial charge in [0.1, 0.15) is 17.5 Å². The minimum Gasteiger partial charge on any atom is -0.394 e. The number of nitrogen functional groups attached to an aromatic ring is 1. The van der Waals surface area contributed by atoms with Gasteiger partial charge < -0.3 is 21.7 Å². The molecular weight excluding hydrogens is 425 g/mol. The highest BCUT2D eigenvalue weighted by atomic mass is 19.3. The van der Waals surface area contributed by atoms with Gasteiger partial charge in [-0.2, -0.15) is 10.4 Å². The van der Waals surface area contributed by atoms with Gasteiger partial charge in [-0.25, -0.2) is 17.9 Å². The molecule has 0 radical (unpaired) electrons. The van der Waals surface area contributed by atoms with Gasteiger partial charge in [0.25, 0.3) is 12.0 Å². The number of alkyl halides is 2. The van der Waals surface area contributed by atoms with Crippen LogP contribution in [0.2, 0.25) is 0 Å². The summed E-state index contributed by atoms with van der Waals surface area (Å²) in [5.41, 5.74) is 11.0. The van der Waals surface area contributed by atoms with Crippen LogP contribution in [-0.4, -0.2) is 40.4 Å². The molecule has 6 N–H and O–H groups in total. The van der Waals surface area contributed by atoms with E-state index in [1.165, 1.54) is 25.3 Å². The average molecular weight is 448 g/mol. The summed E-state index contributed by atoms with van der Waals surface area (Å²) in [6.45, 7) is 1.24. The zero-order chi connectivity index (χ0) is 23.4. The van der Waals surface area contributed by atoms with Crippen molar-refractivity contribution in [2.45, 2.75) is 19.0 Å². The Morgan fingerprint density at radius 3 is 2.94 bits per heavy atom. The highest BCUT2D eigenvalue weighted by Crippen LogP contribution is 2.26. The fraction of sp³-hybridized carbons (Fsp3) is 0.350. The van der Waals surface area contributed by atoms with Crippen LogP contribution >= 0.6 is 0 Å². The van der Waals surface area contributed by atoms with Crippen LogP contribution in [0.15, 0.2) is 28.8 Å². The molecule has 1 aliphatic rings. The molecule has 1 fully saturated rings. The van der Waals surface area contributed by atoms with Gasteiger partial charge in [0.15, 0.2) is 5.82 Å². The summed E-state index contributed by atoms with van der Waals surface area (Å²) in [4.78, 5) is 14.1. The molecule has 0 amide bonds. The summed E-state index contributed by atoms with van der Waals surface area (Å²) in [7, 11) is 1.40. The monoisotopic (exact) mass is 448 g/mol.